The minimum atomic E-state index is -3.85. The molecule has 130 valence electrons. The van der Waals surface area contributed by atoms with Crippen LogP contribution in [0.2, 0.25) is 0 Å². The lowest BCUT2D eigenvalue weighted by molar-refractivity contribution is 0.0697. The summed E-state index contributed by atoms with van der Waals surface area (Å²) in [6.07, 6.45) is 1.44. The smallest absolute Gasteiger partial charge is 0.337 e. The molecule has 0 saturated carbocycles. The van der Waals surface area contributed by atoms with Gasteiger partial charge in [-0.05, 0) is 51.1 Å². The van der Waals surface area contributed by atoms with Crippen LogP contribution in [0.1, 0.15) is 36.9 Å². The number of carboxylic acid groups (broad SMARTS) is 1. The van der Waals surface area contributed by atoms with Gasteiger partial charge in [0.1, 0.15) is 5.76 Å². The highest BCUT2D eigenvalue weighted by Crippen LogP contribution is 2.24. The monoisotopic (exact) mass is 352 g/mol. The molecule has 2 rings (SSSR count). The van der Waals surface area contributed by atoms with Crippen LogP contribution in [-0.2, 0) is 16.6 Å². The van der Waals surface area contributed by atoms with Crippen molar-refractivity contribution in [3.63, 3.8) is 0 Å². The number of anilines is 1. The zero-order chi connectivity index (χ0) is 18.0. The Morgan fingerprint density at radius 1 is 1.25 bits per heavy atom. The highest BCUT2D eigenvalue weighted by Gasteiger charge is 2.21. The van der Waals surface area contributed by atoms with Gasteiger partial charge in [-0.25, -0.2) is 17.9 Å². The Bertz CT molecular complexity index is 821. The Kier molecular flexibility index (Phi) is 5.00. The average molecular weight is 352 g/mol. The summed E-state index contributed by atoms with van der Waals surface area (Å²) in [6.45, 7) is 5.64. The molecule has 3 N–H and O–H groups in total. The lowest BCUT2D eigenvalue weighted by atomic mass is 10.1. The first-order valence-corrected chi connectivity index (χ1v) is 8.74. The first kappa shape index (κ1) is 18.0. The highest BCUT2D eigenvalue weighted by atomic mass is 32.2. The molecule has 8 heteroatoms. The maximum absolute atomic E-state index is 12.3. The fourth-order valence-electron chi connectivity index (χ4n) is 2.04. The molecule has 7 nitrogen and oxygen atoms in total. The number of carbonyl (C=O) groups is 1. The molecule has 0 aliphatic heterocycles. The van der Waals surface area contributed by atoms with E-state index in [1.807, 2.05) is 20.8 Å². The van der Waals surface area contributed by atoms with Crippen molar-refractivity contribution >= 4 is 21.7 Å². The van der Waals surface area contributed by atoms with Gasteiger partial charge >= 0.3 is 5.97 Å². The Hall–Kier alpha value is -2.32. The van der Waals surface area contributed by atoms with Crippen molar-refractivity contribution in [2.45, 2.75) is 37.8 Å². The number of hydrogen-bond donors (Lipinski definition) is 3. The molecule has 1 heterocycles. The van der Waals surface area contributed by atoms with Crippen LogP contribution in [0.15, 0.2) is 45.9 Å². The number of hydrogen-bond acceptors (Lipinski definition) is 5. The van der Waals surface area contributed by atoms with Crippen molar-refractivity contribution in [1.29, 1.82) is 0 Å². The molecular formula is C16H20N2O5S. The fraction of sp³-hybridized carbons (Fsp3) is 0.312. The number of furan rings is 1. The molecule has 0 bridgehead atoms. The van der Waals surface area contributed by atoms with Gasteiger partial charge in [-0.2, -0.15) is 0 Å². The van der Waals surface area contributed by atoms with E-state index >= 15 is 0 Å². The molecule has 0 amide bonds. The summed E-state index contributed by atoms with van der Waals surface area (Å²) in [6, 6.07) is 7.25. The molecule has 2 aromatic rings. The van der Waals surface area contributed by atoms with Crippen LogP contribution < -0.4 is 10.0 Å². The molecule has 0 fully saturated rings. The van der Waals surface area contributed by atoms with Crippen LogP contribution in [0, 0.1) is 0 Å². The van der Waals surface area contributed by atoms with E-state index < -0.39 is 16.0 Å². The number of carboxylic acids is 1. The zero-order valence-electron chi connectivity index (χ0n) is 13.7. The minimum Gasteiger partial charge on any atom is -0.478 e. The maximum Gasteiger partial charge on any atom is 0.337 e. The zero-order valence-corrected chi connectivity index (χ0v) is 14.5. The van der Waals surface area contributed by atoms with Gasteiger partial charge in [-0.3, -0.25) is 0 Å². The lowest BCUT2D eigenvalue weighted by Gasteiger charge is -2.23. The average Bonchev–Trinajstić information content (AvgIpc) is 2.97. The maximum atomic E-state index is 12.3. The van der Waals surface area contributed by atoms with E-state index in [9.17, 15) is 18.3 Å². The Labute approximate surface area is 140 Å². The molecule has 0 aliphatic rings. The minimum absolute atomic E-state index is 0.0142. The molecule has 1 aromatic carbocycles. The third-order valence-electron chi connectivity index (χ3n) is 3.06. The van der Waals surface area contributed by atoms with Crippen LogP contribution in [0.4, 0.5) is 5.69 Å². The van der Waals surface area contributed by atoms with Gasteiger partial charge in [-0.1, -0.05) is 0 Å². The van der Waals surface area contributed by atoms with E-state index in [0.29, 0.717) is 11.4 Å². The topological polar surface area (TPSA) is 109 Å². The number of aromatic carboxylic acids is 1. The summed E-state index contributed by atoms with van der Waals surface area (Å²) in [4.78, 5) is 11.3. The van der Waals surface area contributed by atoms with Crippen LogP contribution in [0.5, 0.6) is 0 Å². The SMILES string of the molecule is CC(C)(C)Nc1ccc(S(=O)(=O)NCc2ccco2)cc1C(=O)O. The molecule has 0 radical (unpaired) electrons. The van der Waals surface area contributed by atoms with Gasteiger partial charge in [0.2, 0.25) is 10.0 Å². The van der Waals surface area contributed by atoms with Gasteiger partial charge in [0.25, 0.3) is 0 Å². The van der Waals surface area contributed by atoms with Crippen molar-refractivity contribution in [3.05, 3.63) is 47.9 Å². The van der Waals surface area contributed by atoms with E-state index in [1.54, 1.807) is 12.1 Å². The van der Waals surface area contributed by atoms with Gasteiger partial charge in [0, 0.05) is 11.2 Å². The third kappa shape index (κ3) is 4.59. The molecule has 0 saturated heterocycles. The van der Waals surface area contributed by atoms with Crippen LogP contribution in [-0.4, -0.2) is 25.0 Å². The van der Waals surface area contributed by atoms with E-state index in [0.717, 1.165) is 6.07 Å². The predicted molar refractivity (Wildman–Crippen MR) is 89.5 cm³/mol. The molecule has 0 atom stereocenters. The fourth-order valence-corrected chi connectivity index (χ4v) is 3.06. The van der Waals surface area contributed by atoms with Crippen molar-refractivity contribution < 1.29 is 22.7 Å². The second kappa shape index (κ2) is 6.66. The van der Waals surface area contributed by atoms with E-state index in [-0.39, 0.29) is 22.5 Å². The van der Waals surface area contributed by atoms with Crippen molar-refractivity contribution in [3.8, 4) is 0 Å². The second-order valence-electron chi connectivity index (χ2n) is 6.29. The summed E-state index contributed by atoms with van der Waals surface area (Å²) in [5, 5.41) is 12.4. The lowest BCUT2D eigenvalue weighted by Crippen LogP contribution is -2.28. The number of rotatable bonds is 6. The summed E-state index contributed by atoms with van der Waals surface area (Å²) in [5.74, 6) is -0.743. The van der Waals surface area contributed by atoms with Crippen molar-refractivity contribution in [1.82, 2.24) is 4.72 Å². The van der Waals surface area contributed by atoms with Crippen molar-refractivity contribution in [2.75, 3.05) is 5.32 Å². The Morgan fingerprint density at radius 2 is 1.96 bits per heavy atom. The number of nitrogens with one attached hydrogen (secondary N) is 2. The number of benzene rings is 1. The molecule has 0 unspecified atom stereocenters. The molecule has 1 aromatic heterocycles. The van der Waals surface area contributed by atoms with Crippen molar-refractivity contribution in [2.24, 2.45) is 0 Å². The number of sulfonamides is 1. The molecule has 0 spiro atoms. The molecule has 24 heavy (non-hydrogen) atoms. The Balaban J connectivity index is 2.29. The largest absolute Gasteiger partial charge is 0.478 e. The van der Waals surface area contributed by atoms with Gasteiger partial charge in [0.05, 0.1) is 23.3 Å². The summed E-state index contributed by atoms with van der Waals surface area (Å²) < 4.78 is 32.1. The second-order valence-corrected chi connectivity index (χ2v) is 8.06. The van der Waals surface area contributed by atoms with Gasteiger partial charge < -0.3 is 14.8 Å². The first-order valence-electron chi connectivity index (χ1n) is 7.26. The van der Waals surface area contributed by atoms with Crippen LogP contribution in [0.25, 0.3) is 0 Å². The first-order chi connectivity index (χ1) is 11.1. The highest BCUT2D eigenvalue weighted by molar-refractivity contribution is 7.89. The van der Waals surface area contributed by atoms with E-state index in [1.165, 1.54) is 18.4 Å². The van der Waals surface area contributed by atoms with E-state index in [2.05, 4.69) is 10.0 Å². The summed E-state index contributed by atoms with van der Waals surface area (Å²) in [7, 11) is -3.85. The third-order valence-corrected chi connectivity index (χ3v) is 4.46. The normalized spacial score (nSPS) is 12.1. The molecule has 0 aliphatic carbocycles. The predicted octanol–water partition coefficient (Wildman–Crippen LogP) is 2.67. The standard InChI is InChI=1S/C16H20N2O5S/c1-16(2,3)18-14-7-6-12(9-13(14)15(19)20)24(21,22)17-10-11-5-4-8-23-11/h4-9,17-18H,10H2,1-3H3,(H,19,20). The van der Waals surface area contributed by atoms with E-state index in [4.69, 9.17) is 4.42 Å². The van der Waals surface area contributed by atoms with Crippen LogP contribution >= 0.6 is 0 Å². The Morgan fingerprint density at radius 3 is 2.50 bits per heavy atom. The molecular weight excluding hydrogens is 332 g/mol. The van der Waals surface area contributed by atoms with Crippen LogP contribution in [0.3, 0.4) is 0 Å². The summed E-state index contributed by atoms with van der Waals surface area (Å²) >= 11 is 0. The summed E-state index contributed by atoms with van der Waals surface area (Å²) in [5.41, 5.74) is -0.104. The van der Waals surface area contributed by atoms with Gasteiger partial charge in [-0.15, -0.1) is 0 Å². The van der Waals surface area contributed by atoms with Gasteiger partial charge in [0.15, 0.2) is 0 Å². The quantitative estimate of drug-likeness (QED) is 0.737.